The van der Waals surface area contributed by atoms with Crippen LogP contribution in [-0.2, 0) is 0 Å². The van der Waals surface area contributed by atoms with Crippen LogP contribution in [0.15, 0.2) is 6.07 Å². The van der Waals surface area contributed by atoms with Gasteiger partial charge < -0.3 is 4.90 Å². The predicted octanol–water partition coefficient (Wildman–Crippen LogP) is 2.88. The molecule has 1 aromatic heterocycles. The van der Waals surface area contributed by atoms with Crippen LogP contribution in [0.3, 0.4) is 0 Å². The quantitative estimate of drug-likeness (QED) is 0.762. The van der Waals surface area contributed by atoms with E-state index in [1.807, 2.05) is 0 Å². The van der Waals surface area contributed by atoms with Gasteiger partial charge in [0.15, 0.2) is 10.3 Å². The highest BCUT2D eigenvalue weighted by atomic mass is 35.5. The molecule has 0 spiro atoms. The SMILES string of the molecule is CC1CN(c2cc(Cl)nnc2Cl)CC1C. The van der Waals surface area contributed by atoms with E-state index in [4.69, 9.17) is 23.2 Å². The Kier molecular flexibility index (Phi) is 3.03. The van der Waals surface area contributed by atoms with Gasteiger partial charge in [0.2, 0.25) is 0 Å². The summed E-state index contributed by atoms with van der Waals surface area (Å²) in [6.07, 6.45) is 0. The Morgan fingerprint density at radius 3 is 2.40 bits per heavy atom. The molecule has 1 aliphatic rings. The lowest BCUT2D eigenvalue weighted by Crippen LogP contribution is -2.20. The number of hydrogen-bond acceptors (Lipinski definition) is 3. The van der Waals surface area contributed by atoms with Crippen molar-refractivity contribution in [1.82, 2.24) is 10.2 Å². The van der Waals surface area contributed by atoms with Gasteiger partial charge in [-0.3, -0.25) is 0 Å². The first-order chi connectivity index (χ1) is 7.08. The lowest BCUT2D eigenvalue weighted by atomic mass is 10.0. The van der Waals surface area contributed by atoms with Crippen LogP contribution in [0.1, 0.15) is 13.8 Å². The average molecular weight is 246 g/mol. The third-order valence-electron chi connectivity index (χ3n) is 3.03. The molecule has 1 fully saturated rings. The van der Waals surface area contributed by atoms with E-state index in [0.717, 1.165) is 18.8 Å². The summed E-state index contributed by atoms with van der Waals surface area (Å²) in [7, 11) is 0. The van der Waals surface area contributed by atoms with Gasteiger partial charge in [0, 0.05) is 19.2 Å². The number of hydrogen-bond donors (Lipinski definition) is 0. The molecule has 0 radical (unpaired) electrons. The molecule has 0 N–H and O–H groups in total. The zero-order valence-electron chi connectivity index (χ0n) is 8.74. The van der Waals surface area contributed by atoms with Gasteiger partial charge in [0.05, 0.1) is 5.69 Å². The van der Waals surface area contributed by atoms with Crippen LogP contribution in [0.2, 0.25) is 10.3 Å². The van der Waals surface area contributed by atoms with Crippen LogP contribution in [0.5, 0.6) is 0 Å². The van der Waals surface area contributed by atoms with E-state index in [1.165, 1.54) is 0 Å². The molecule has 15 heavy (non-hydrogen) atoms. The van der Waals surface area contributed by atoms with E-state index in [0.29, 0.717) is 22.1 Å². The van der Waals surface area contributed by atoms with Crippen molar-refractivity contribution >= 4 is 28.9 Å². The maximum Gasteiger partial charge on any atom is 0.175 e. The summed E-state index contributed by atoms with van der Waals surface area (Å²) in [5.41, 5.74) is 0.896. The van der Waals surface area contributed by atoms with Gasteiger partial charge in [-0.15, -0.1) is 10.2 Å². The zero-order valence-corrected chi connectivity index (χ0v) is 10.3. The monoisotopic (exact) mass is 245 g/mol. The van der Waals surface area contributed by atoms with Crippen LogP contribution >= 0.6 is 23.2 Å². The van der Waals surface area contributed by atoms with Gasteiger partial charge >= 0.3 is 0 Å². The smallest absolute Gasteiger partial charge is 0.175 e. The van der Waals surface area contributed by atoms with Crippen molar-refractivity contribution < 1.29 is 0 Å². The minimum absolute atomic E-state index is 0.390. The van der Waals surface area contributed by atoms with Crippen molar-refractivity contribution in [2.45, 2.75) is 13.8 Å². The fourth-order valence-electron chi connectivity index (χ4n) is 1.89. The number of anilines is 1. The lowest BCUT2D eigenvalue weighted by Gasteiger charge is -2.18. The zero-order chi connectivity index (χ0) is 11.0. The summed E-state index contributed by atoms with van der Waals surface area (Å²) >= 11 is 11.8. The van der Waals surface area contributed by atoms with Crippen molar-refractivity contribution in [3.63, 3.8) is 0 Å². The Morgan fingerprint density at radius 1 is 1.20 bits per heavy atom. The average Bonchev–Trinajstić information content (AvgIpc) is 2.51. The van der Waals surface area contributed by atoms with Crippen molar-refractivity contribution in [2.75, 3.05) is 18.0 Å². The van der Waals surface area contributed by atoms with Crippen LogP contribution in [0, 0.1) is 11.8 Å². The summed E-state index contributed by atoms with van der Waals surface area (Å²) in [4.78, 5) is 2.22. The largest absolute Gasteiger partial charge is 0.368 e. The van der Waals surface area contributed by atoms with Crippen molar-refractivity contribution in [2.24, 2.45) is 11.8 Å². The molecule has 2 heterocycles. The summed E-state index contributed by atoms with van der Waals surface area (Å²) in [5.74, 6) is 1.35. The van der Waals surface area contributed by atoms with Gasteiger partial charge in [-0.25, -0.2) is 0 Å². The summed E-state index contributed by atoms with van der Waals surface area (Å²) in [5, 5.41) is 8.34. The van der Waals surface area contributed by atoms with Crippen LogP contribution < -0.4 is 4.90 Å². The molecule has 2 unspecified atom stereocenters. The molecule has 0 amide bonds. The number of aromatic nitrogens is 2. The summed E-state index contributed by atoms with van der Waals surface area (Å²) in [6.45, 7) is 6.50. The fourth-order valence-corrected chi connectivity index (χ4v) is 2.25. The van der Waals surface area contributed by atoms with Gasteiger partial charge in [-0.2, -0.15) is 0 Å². The number of halogens is 2. The van der Waals surface area contributed by atoms with E-state index in [1.54, 1.807) is 6.07 Å². The first-order valence-electron chi connectivity index (χ1n) is 5.01. The highest BCUT2D eigenvalue weighted by Gasteiger charge is 2.27. The van der Waals surface area contributed by atoms with E-state index in [-0.39, 0.29) is 0 Å². The molecule has 1 aromatic rings. The Morgan fingerprint density at radius 2 is 1.80 bits per heavy atom. The number of nitrogens with zero attached hydrogens (tertiary/aromatic N) is 3. The molecular formula is C10H13Cl2N3. The second-order valence-electron chi connectivity index (χ2n) is 4.20. The predicted molar refractivity (Wildman–Crippen MR) is 62.6 cm³/mol. The van der Waals surface area contributed by atoms with Gasteiger partial charge in [0.1, 0.15) is 0 Å². The molecular weight excluding hydrogens is 233 g/mol. The molecule has 5 heteroatoms. The minimum Gasteiger partial charge on any atom is -0.368 e. The molecule has 0 bridgehead atoms. The Hall–Kier alpha value is -0.540. The third kappa shape index (κ3) is 2.18. The third-order valence-corrected chi connectivity index (χ3v) is 3.48. The molecule has 3 nitrogen and oxygen atoms in total. The van der Waals surface area contributed by atoms with Crippen molar-refractivity contribution in [3.05, 3.63) is 16.4 Å². The first-order valence-corrected chi connectivity index (χ1v) is 5.77. The topological polar surface area (TPSA) is 29.0 Å². The van der Waals surface area contributed by atoms with Gasteiger partial charge in [-0.05, 0) is 11.8 Å². The van der Waals surface area contributed by atoms with E-state index < -0.39 is 0 Å². The molecule has 0 saturated carbocycles. The van der Waals surface area contributed by atoms with Crippen LogP contribution in [0.4, 0.5) is 5.69 Å². The van der Waals surface area contributed by atoms with Crippen LogP contribution in [-0.4, -0.2) is 23.3 Å². The first kappa shape index (κ1) is 11.0. The van der Waals surface area contributed by atoms with E-state index >= 15 is 0 Å². The van der Waals surface area contributed by atoms with E-state index in [2.05, 4.69) is 28.9 Å². The standard InChI is InChI=1S/C10H13Cl2N3/c1-6-4-15(5-7(6)2)8-3-9(11)13-14-10(8)12/h3,6-7H,4-5H2,1-2H3. The highest BCUT2D eigenvalue weighted by molar-refractivity contribution is 6.33. The highest BCUT2D eigenvalue weighted by Crippen LogP contribution is 2.32. The second-order valence-corrected chi connectivity index (χ2v) is 4.95. The maximum atomic E-state index is 6.00. The van der Waals surface area contributed by atoms with Gasteiger partial charge in [-0.1, -0.05) is 37.0 Å². The Bertz CT molecular complexity index is 360. The van der Waals surface area contributed by atoms with Gasteiger partial charge in [0.25, 0.3) is 0 Å². The molecule has 1 saturated heterocycles. The summed E-state index contributed by atoms with van der Waals surface area (Å²) in [6, 6.07) is 1.78. The summed E-state index contributed by atoms with van der Waals surface area (Å²) < 4.78 is 0. The number of rotatable bonds is 1. The molecule has 0 aliphatic carbocycles. The normalized spacial score (nSPS) is 26.0. The Labute approximate surface area is 99.4 Å². The van der Waals surface area contributed by atoms with E-state index in [9.17, 15) is 0 Å². The molecule has 82 valence electrons. The van der Waals surface area contributed by atoms with Crippen LogP contribution in [0.25, 0.3) is 0 Å². The molecule has 1 aliphatic heterocycles. The Balaban J connectivity index is 2.27. The van der Waals surface area contributed by atoms with Crippen molar-refractivity contribution in [3.8, 4) is 0 Å². The fraction of sp³-hybridized carbons (Fsp3) is 0.600. The lowest BCUT2D eigenvalue weighted by molar-refractivity contribution is 0.494. The minimum atomic E-state index is 0.390. The van der Waals surface area contributed by atoms with Crippen molar-refractivity contribution in [1.29, 1.82) is 0 Å². The molecule has 0 aromatic carbocycles. The molecule has 2 atom stereocenters. The second kappa shape index (κ2) is 4.14. The maximum absolute atomic E-state index is 6.00. The molecule has 2 rings (SSSR count).